The first-order valence-electron chi connectivity index (χ1n) is 4.77. The molecule has 1 saturated heterocycles. The van der Waals surface area contributed by atoms with E-state index < -0.39 is 0 Å². The minimum atomic E-state index is -0.185. The molecular formula is C11H12FIO. The molecule has 0 aromatic heterocycles. The van der Waals surface area contributed by atoms with Gasteiger partial charge >= 0.3 is 0 Å². The summed E-state index contributed by atoms with van der Waals surface area (Å²) in [6.07, 6.45) is 2.32. The van der Waals surface area contributed by atoms with Gasteiger partial charge in [0.1, 0.15) is 5.82 Å². The molecule has 1 aromatic rings. The second-order valence-corrected chi connectivity index (χ2v) is 5.29. The van der Waals surface area contributed by atoms with Gasteiger partial charge in [-0.15, -0.1) is 0 Å². The second-order valence-electron chi connectivity index (χ2n) is 3.53. The Hall–Kier alpha value is -0.160. The van der Waals surface area contributed by atoms with Crippen molar-refractivity contribution in [1.29, 1.82) is 0 Å². The summed E-state index contributed by atoms with van der Waals surface area (Å²) < 4.78 is 19.0. The Labute approximate surface area is 96.8 Å². The van der Waals surface area contributed by atoms with Crippen molar-refractivity contribution in [3.05, 3.63) is 35.6 Å². The Morgan fingerprint density at radius 1 is 1.29 bits per heavy atom. The lowest BCUT2D eigenvalue weighted by molar-refractivity contribution is 0.0199. The van der Waals surface area contributed by atoms with E-state index in [-0.39, 0.29) is 11.9 Å². The molecule has 76 valence electrons. The van der Waals surface area contributed by atoms with Crippen LogP contribution in [0.15, 0.2) is 24.3 Å². The predicted molar refractivity (Wildman–Crippen MR) is 62.1 cm³/mol. The van der Waals surface area contributed by atoms with Crippen LogP contribution >= 0.6 is 22.6 Å². The van der Waals surface area contributed by atoms with Gasteiger partial charge in [0, 0.05) is 10.5 Å². The molecule has 2 atom stereocenters. The molecule has 1 fully saturated rings. The van der Waals surface area contributed by atoms with E-state index in [4.69, 9.17) is 4.74 Å². The Kier molecular flexibility index (Phi) is 3.38. The highest BCUT2D eigenvalue weighted by Gasteiger charge is 2.21. The van der Waals surface area contributed by atoms with Crippen LogP contribution in [-0.2, 0) is 4.74 Å². The summed E-state index contributed by atoms with van der Waals surface area (Å²) in [4.78, 5) is 0. The highest BCUT2D eigenvalue weighted by atomic mass is 127. The van der Waals surface area contributed by atoms with E-state index in [1.807, 2.05) is 12.1 Å². The average molecular weight is 306 g/mol. The first-order valence-corrected chi connectivity index (χ1v) is 6.01. The van der Waals surface area contributed by atoms with Gasteiger partial charge in [-0.1, -0.05) is 34.7 Å². The summed E-state index contributed by atoms with van der Waals surface area (Å²) in [5.41, 5.74) is 1.09. The average Bonchev–Trinajstić information content (AvgIpc) is 2.19. The minimum absolute atomic E-state index is 0.159. The van der Waals surface area contributed by atoms with E-state index >= 15 is 0 Å². The van der Waals surface area contributed by atoms with Crippen molar-refractivity contribution in [2.24, 2.45) is 0 Å². The number of halogens is 2. The first kappa shape index (κ1) is 10.4. The summed E-state index contributed by atoms with van der Waals surface area (Å²) in [5.74, 6) is -0.185. The quantitative estimate of drug-likeness (QED) is 0.570. The molecule has 14 heavy (non-hydrogen) atoms. The second kappa shape index (κ2) is 4.57. The van der Waals surface area contributed by atoms with E-state index in [0.29, 0.717) is 3.92 Å². The van der Waals surface area contributed by atoms with Gasteiger partial charge in [0.05, 0.1) is 6.10 Å². The zero-order chi connectivity index (χ0) is 9.97. The highest BCUT2D eigenvalue weighted by Crippen LogP contribution is 2.31. The monoisotopic (exact) mass is 306 g/mol. The van der Waals surface area contributed by atoms with Gasteiger partial charge in [-0.25, -0.2) is 4.39 Å². The number of rotatable bonds is 1. The number of hydrogen-bond acceptors (Lipinski definition) is 1. The molecule has 0 unspecified atom stereocenters. The number of hydrogen-bond donors (Lipinski definition) is 0. The van der Waals surface area contributed by atoms with Crippen molar-refractivity contribution in [3.8, 4) is 0 Å². The Balaban J connectivity index is 2.10. The maximum atomic E-state index is 12.7. The van der Waals surface area contributed by atoms with Crippen molar-refractivity contribution >= 4 is 22.6 Å². The van der Waals surface area contributed by atoms with Gasteiger partial charge in [0.2, 0.25) is 0 Å². The molecule has 0 bridgehead atoms. The summed E-state index contributed by atoms with van der Waals surface area (Å²) >= 11 is 2.45. The molecule has 0 amide bonds. The first-order chi connectivity index (χ1) is 6.75. The number of ether oxygens (including phenoxy) is 1. The van der Waals surface area contributed by atoms with E-state index in [1.54, 1.807) is 0 Å². The Bertz CT molecular complexity index is 299. The van der Waals surface area contributed by atoms with Crippen molar-refractivity contribution in [2.75, 3.05) is 6.61 Å². The van der Waals surface area contributed by atoms with Crippen LogP contribution in [0.1, 0.15) is 24.5 Å². The van der Waals surface area contributed by atoms with Crippen LogP contribution in [-0.4, -0.2) is 10.5 Å². The van der Waals surface area contributed by atoms with Gasteiger partial charge in [-0.3, -0.25) is 0 Å². The summed E-state index contributed by atoms with van der Waals surface area (Å²) in [6, 6.07) is 6.62. The third-order valence-electron chi connectivity index (χ3n) is 2.46. The zero-order valence-electron chi connectivity index (χ0n) is 7.75. The standard InChI is InChI=1S/C11H12FIO/c12-9-3-1-8(2-4-9)11-7-10(13)5-6-14-11/h1-4,10-11H,5-7H2/t10-,11+/m0/s1. The lowest BCUT2D eigenvalue weighted by atomic mass is 10.0. The van der Waals surface area contributed by atoms with Crippen LogP contribution in [0, 0.1) is 5.82 Å². The third-order valence-corrected chi connectivity index (χ3v) is 3.59. The molecule has 1 heterocycles. The largest absolute Gasteiger partial charge is 0.373 e. The molecule has 1 aromatic carbocycles. The molecule has 2 rings (SSSR count). The molecule has 0 spiro atoms. The van der Waals surface area contributed by atoms with E-state index in [9.17, 15) is 4.39 Å². The topological polar surface area (TPSA) is 9.23 Å². The van der Waals surface area contributed by atoms with Gasteiger partial charge < -0.3 is 4.74 Å². The predicted octanol–water partition coefficient (Wildman–Crippen LogP) is 3.48. The van der Waals surface area contributed by atoms with Gasteiger partial charge in [-0.2, -0.15) is 0 Å². The van der Waals surface area contributed by atoms with Crippen LogP contribution in [0.5, 0.6) is 0 Å². The smallest absolute Gasteiger partial charge is 0.123 e. The molecular weight excluding hydrogens is 294 g/mol. The number of benzene rings is 1. The molecule has 1 aliphatic rings. The van der Waals surface area contributed by atoms with Crippen molar-refractivity contribution in [2.45, 2.75) is 22.9 Å². The van der Waals surface area contributed by atoms with E-state index in [0.717, 1.165) is 25.0 Å². The molecule has 0 saturated carbocycles. The lowest BCUT2D eigenvalue weighted by Crippen LogP contribution is -2.19. The molecule has 0 aliphatic carbocycles. The van der Waals surface area contributed by atoms with Crippen LogP contribution in [0.2, 0.25) is 0 Å². The summed E-state index contributed by atoms with van der Waals surface area (Å²) in [6.45, 7) is 0.815. The Morgan fingerprint density at radius 3 is 2.64 bits per heavy atom. The molecule has 0 radical (unpaired) electrons. The van der Waals surface area contributed by atoms with Crippen LogP contribution < -0.4 is 0 Å². The van der Waals surface area contributed by atoms with Crippen molar-refractivity contribution in [3.63, 3.8) is 0 Å². The van der Waals surface area contributed by atoms with Crippen LogP contribution in [0.4, 0.5) is 4.39 Å². The highest BCUT2D eigenvalue weighted by molar-refractivity contribution is 14.1. The normalized spacial score (nSPS) is 27.6. The van der Waals surface area contributed by atoms with E-state index in [2.05, 4.69) is 22.6 Å². The van der Waals surface area contributed by atoms with Crippen molar-refractivity contribution < 1.29 is 9.13 Å². The molecule has 1 nitrogen and oxygen atoms in total. The van der Waals surface area contributed by atoms with E-state index in [1.165, 1.54) is 12.1 Å². The zero-order valence-corrected chi connectivity index (χ0v) is 9.91. The van der Waals surface area contributed by atoms with Crippen molar-refractivity contribution in [1.82, 2.24) is 0 Å². The fourth-order valence-corrected chi connectivity index (χ4v) is 2.38. The van der Waals surface area contributed by atoms with Crippen LogP contribution in [0.3, 0.4) is 0 Å². The minimum Gasteiger partial charge on any atom is -0.373 e. The maximum Gasteiger partial charge on any atom is 0.123 e. The maximum absolute atomic E-state index is 12.7. The van der Waals surface area contributed by atoms with Crippen LogP contribution in [0.25, 0.3) is 0 Å². The Morgan fingerprint density at radius 2 is 2.00 bits per heavy atom. The lowest BCUT2D eigenvalue weighted by Gasteiger charge is -2.26. The fourth-order valence-electron chi connectivity index (χ4n) is 1.67. The summed E-state index contributed by atoms with van der Waals surface area (Å²) in [5, 5.41) is 0. The summed E-state index contributed by atoms with van der Waals surface area (Å²) in [7, 11) is 0. The van der Waals surface area contributed by atoms with Gasteiger partial charge in [0.15, 0.2) is 0 Å². The fraction of sp³-hybridized carbons (Fsp3) is 0.455. The SMILES string of the molecule is Fc1ccc([C@H]2C[C@@H](I)CCO2)cc1. The third kappa shape index (κ3) is 2.45. The molecule has 0 N–H and O–H groups in total. The molecule has 3 heteroatoms. The number of alkyl halides is 1. The molecule has 1 aliphatic heterocycles. The van der Waals surface area contributed by atoms with Gasteiger partial charge in [0.25, 0.3) is 0 Å². The van der Waals surface area contributed by atoms with Gasteiger partial charge in [-0.05, 0) is 30.5 Å².